The van der Waals surface area contributed by atoms with Crippen LogP contribution >= 0.6 is 0 Å². The maximum atomic E-state index is 12.8. The van der Waals surface area contributed by atoms with Crippen molar-refractivity contribution in [3.05, 3.63) is 35.9 Å². The van der Waals surface area contributed by atoms with Gasteiger partial charge >= 0.3 is 5.97 Å². The van der Waals surface area contributed by atoms with Gasteiger partial charge in [-0.2, -0.15) is 10.1 Å². The van der Waals surface area contributed by atoms with Gasteiger partial charge < -0.3 is 14.2 Å². The number of benzene rings is 1. The summed E-state index contributed by atoms with van der Waals surface area (Å²) >= 11 is 0. The van der Waals surface area contributed by atoms with Crippen LogP contribution in [0.5, 0.6) is 11.5 Å². The first kappa shape index (κ1) is 19.2. The molecule has 2 amide bonds. The van der Waals surface area contributed by atoms with E-state index >= 15 is 0 Å². The lowest BCUT2D eigenvalue weighted by Crippen LogP contribution is -2.28. The van der Waals surface area contributed by atoms with Crippen LogP contribution in [-0.4, -0.2) is 49.3 Å². The number of nitrogens with zero attached hydrogens (tertiary/aromatic N) is 2. The van der Waals surface area contributed by atoms with Crippen LogP contribution in [-0.2, 0) is 19.1 Å². The monoisotopic (exact) mass is 398 g/mol. The number of methoxy groups -OCH3 is 2. The Morgan fingerprint density at radius 2 is 1.83 bits per heavy atom. The van der Waals surface area contributed by atoms with E-state index in [1.165, 1.54) is 20.4 Å². The zero-order valence-corrected chi connectivity index (χ0v) is 16.4. The molecule has 1 saturated heterocycles. The molecule has 1 saturated carbocycles. The molecular weight excluding hydrogens is 376 g/mol. The van der Waals surface area contributed by atoms with Gasteiger partial charge in [0.15, 0.2) is 17.6 Å². The minimum Gasteiger partial charge on any atom is -0.493 e. The Bertz CT molecular complexity index is 894. The number of hydrogen-bond acceptors (Lipinski definition) is 7. The molecule has 2 aliphatic carbocycles. The van der Waals surface area contributed by atoms with Crippen molar-refractivity contribution in [1.82, 2.24) is 5.01 Å². The van der Waals surface area contributed by atoms with Gasteiger partial charge in [0, 0.05) is 5.56 Å². The van der Waals surface area contributed by atoms with Crippen molar-refractivity contribution < 1.29 is 28.6 Å². The van der Waals surface area contributed by atoms with Gasteiger partial charge in [0.1, 0.15) is 0 Å². The Morgan fingerprint density at radius 1 is 1.17 bits per heavy atom. The van der Waals surface area contributed by atoms with E-state index in [9.17, 15) is 14.4 Å². The molecule has 2 fully saturated rings. The average Bonchev–Trinajstić information content (AvgIpc) is 3.41. The van der Waals surface area contributed by atoms with E-state index in [1.54, 1.807) is 25.1 Å². The third-order valence-electron chi connectivity index (χ3n) is 5.82. The number of carbonyl (C=O) groups excluding carboxylic acids is 3. The molecule has 2 bridgehead atoms. The predicted octanol–water partition coefficient (Wildman–Crippen LogP) is 1.78. The van der Waals surface area contributed by atoms with Gasteiger partial charge in [-0.05, 0) is 37.3 Å². The number of ether oxygens (including phenoxy) is 3. The third-order valence-corrected chi connectivity index (χ3v) is 5.82. The maximum absolute atomic E-state index is 12.8. The Hall–Kier alpha value is -3.16. The maximum Gasteiger partial charge on any atom is 0.346 e. The summed E-state index contributed by atoms with van der Waals surface area (Å²) in [6.45, 7) is 1.55. The lowest BCUT2D eigenvalue weighted by Gasteiger charge is -2.17. The molecule has 1 aromatic rings. The van der Waals surface area contributed by atoms with Gasteiger partial charge in [-0.15, -0.1) is 0 Å². The Labute approximate surface area is 168 Å². The molecule has 4 rings (SSSR count). The molecule has 3 aliphatic rings. The molecule has 0 unspecified atom stereocenters. The fraction of sp³-hybridized carbons (Fsp3) is 0.429. The summed E-state index contributed by atoms with van der Waals surface area (Å²) in [5.74, 6) is -0.774. The van der Waals surface area contributed by atoms with Crippen LogP contribution in [0.2, 0.25) is 0 Å². The topological polar surface area (TPSA) is 94.5 Å². The molecule has 1 heterocycles. The average molecular weight is 398 g/mol. The first-order chi connectivity index (χ1) is 14.0. The normalized spacial score (nSPS) is 28.2. The van der Waals surface area contributed by atoms with E-state index in [2.05, 4.69) is 5.10 Å². The first-order valence-corrected chi connectivity index (χ1v) is 9.47. The van der Waals surface area contributed by atoms with Gasteiger partial charge in [-0.1, -0.05) is 18.2 Å². The number of imide groups is 1. The molecule has 8 heteroatoms. The molecule has 0 spiro atoms. The van der Waals surface area contributed by atoms with Crippen molar-refractivity contribution in [3.63, 3.8) is 0 Å². The van der Waals surface area contributed by atoms with Crippen molar-refractivity contribution in [1.29, 1.82) is 0 Å². The molecule has 152 valence electrons. The smallest absolute Gasteiger partial charge is 0.346 e. The van der Waals surface area contributed by atoms with E-state index in [0.29, 0.717) is 11.3 Å². The first-order valence-electron chi connectivity index (χ1n) is 9.47. The van der Waals surface area contributed by atoms with Gasteiger partial charge in [-0.3, -0.25) is 9.59 Å². The zero-order chi connectivity index (χ0) is 20.7. The molecule has 5 atom stereocenters. The second kappa shape index (κ2) is 7.35. The Kier molecular flexibility index (Phi) is 4.86. The molecule has 1 aliphatic heterocycles. The van der Waals surface area contributed by atoms with Crippen molar-refractivity contribution in [2.75, 3.05) is 14.2 Å². The second-order valence-electron chi connectivity index (χ2n) is 7.39. The summed E-state index contributed by atoms with van der Waals surface area (Å²) in [7, 11) is 2.75. The van der Waals surface area contributed by atoms with Crippen LogP contribution in [0.4, 0.5) is 0 Å². The number of para-hydroxylation sites is 1. The van der Waals surface area contributed by atoms with Crippen molar-refractivity contribution in [3.8, 4) is 11.5 Å². The largest absolute Gasteiger partial charge is 0.493 e. The highest BCUT2D eigenvalue weighted by Gasteiger charge is 2.59. The second-order valence-corrected chi connectivity index (χ2v) is 7.39. The molecule has 0 radical (unpaired) electrons. The highest BCUT2D eigenvalue weighted by atomic mass is 16.6. The molecule has 0 aromatic heterocycles. The number of hydrogen-bond donors (Lipinski definition) is 0. The van der Waals surface area contributed by atoms with Crippen LogP contribution < -0.4 is 9.47 Å². The fourth-order valence-corrected chi connectivity index (χ4v) is 4.43. The summed E-state index contributed by atoms with van der Waals surface area (Å²) in [5.41, 5.74) is 0.471. The van der Waals surface area contributed by atoms with Gasteiger partial charge in [-0.25, -0.2) is 4.79 Å². The van der Waals surface area contributed by atoms with Crippen LogP contribution in [0.3, 0.4) is 0 Å². The SMILES string of the molecule is COC(=O)[C@@H](C)Oc1c(C=NN2C(=O)[C@@H]3[C@H](C2=O)[C@H]2C=C[C@H]3C2)cccc1OC. The van der Waals surface area contributed by atoms with Gasteiger partial charge in [0.25, 0.3) is 11.8 Å². The Morgan fingerprint density at radius 3 is 2.41 bits per heavy atom. The number of carbonyl (C=O) groups is 3. The third kappa shape index (κ3) is 3.08. The minimum atomic E-state index is -0.875. The standard InChI is InChI=1S/C21H22N2O6/c1-11(21(26)28-3)29-18-14(5-4-6-15(18)27-2)10-22-23-19(24)16-12-7-8-13(9-12)17(16)20(23)25/h4-8,10-13,16-17H,9H2,1-3H3/t11-,12+,13+,16-,17+/m1/s1. The minimum absolute atomic E-state index is 0.123. The quantitative estimate of drug-likeness (QED) is 0.314. The summed E-state index contributed by atoms with van der Waals surface area (Å²) < 4.78 is 15.7. The molecule has 0 N–H and O–H groups in total. The number of amides is 2. The lowest BCUT2D eigenvalue weighted by molar-refractivity contribution is -0.148. The van der Waals surface area contributed by atoms with Crippen molar-refractivity contribution >= 4 is 24.0 Å². The predicted molar refractivity (Wildman–Crippen MR) is 102 cm³/mol. The van der Waals surface area contributed by atoms with E-state index in [0.717, 1.165) is 11.4 Å². The van der Waals surface area contributed by atoms with Gasteiger partial charge in [0.2, 0.25) is 0 Å². The summed E-state index contributed by atoms with van der Waals surface area (Å²) in [5, 5.41) is 5.14. The van der Waals surface area contributed by atoms with Gasteiger partial charge in [0.05, 0.1) is 32.3 Å². The van der Waals surface area contributed by atoms with Crippen molar-refractivity contribution in [2.45, 2.75) is 19.4 Å². The highest BCUT2D eigenvalue weighted by Crippen LogP contribution is 2.52. The van der Waals surface area contributed by atoms with Crippen LogP contribution in [0.1, 0.15) is 18.9 Å². The summed E-state index contributed by atoms with van der Waals surface area (Å²) in [4.78, 5) is 37.3. The summed E-state index contributed by atoms with van der Waals surface area (Å²) in [6.07, 6.45) is 5.44. The van der Waals surface area contributed by atoms with E-state index in [4.69, 9.17) is 14.2 Å². The molecule has 29 heavy (non-hydrogen) atoms. The lowest BCUT2D eigenvalue weighted by atomic mass is 9.85. The van der Waals surface area contributed by atoms with Crippen LogP contribution in [0.25, 0.3) is 0 Å². The highest BCUT2D eigenvalue weighted by molar-refractivity contribution is 6.07. The number of hydrazone groups is 1. The number of fused-ring (bicyclic) bond motifs is 5. The summed E-state index contributed by atoms with van der Waals surface area (Å²) in [6, 6.07) is 5.10. The zero-order valence-electron chi connectivity index (χ0n) is 16.4. The number of rotatable bonds is 6. The van der Waals surface area contributed by atoms with E-state index in [1.807, 2.05) is 12.2 Å². The van der Waals surface area contributed by atoms with E-state index in [-0.39, 0.29) is 41.2 Å². The number of allylic oxidation sites excluding steroid dienone is 2. The Balaban J connectivity index is 1.60. The van der Waals surface area contributed by atoms with Crippen molar-refractivity contribution in [2.24, 2.45) is 28.8 Å². The van der Waals surface area contributed by atoms with Crippen LogP contribution in [0, 0.1) is 23.7 Å². The molecule has 8 nitrogen and oxygen atoms in total. The van der Waals surface area contributed by atoms with Crippen LogP contribution in [0.15, 0.2) is 35.5 Å². The van der Waals surface area contributed by atoms with E-state index < -0.39 is 12.1 Å². The molecule has 1 aromatic carbocycles. The number of esters is 1. The molecular formula is C21H22N2O6. The fourth-order valence-electron chi connectivity index (χ4n) is 4.43.